The van der Waals surface area contributed by atoms with Crippen molar-refractivity contribution in [2.45, 2.75) is 39.7 Å². The minimum Gasteiger partial charge on any atom is -0.348 e. The average Bonchev–Trinajstić information content (AvgIpc) is 3.22. The average molecular weight is 328 g/mol. The minimum atomic E-state index is -0.129. The molecule has 5 nitrogen and oxygen atoms in total. The number of amides is 1. The molecular weight excluding hydrogens is 308 g/mol. The Morgan fingerprint density at radius 3 is 2.87 bits per heavy atom. The molecule has 0 aliphatic carbocycles. The van der Waals surface area contributed by atoms with Gasteiger partial charge in [0.1, 0.15) is 11.4 Å². The van der Waals surface area contributed by atoms with Crippen LogP contribution < -0.4 is 5.32 Å². The number of nitrogens with zero attached hydrogens (tertiary/aromatic N) is 3. The van der Waals surface area contributed by atoms with Crippen LogP contribution in [-0.4, -0.2) is 26.5 Å². The lowest BCUT2D eigenvalue weighted by molar-refractivity contribution is 0.0934. The SMILES string of the molecule is CCc1cc(C(=O)N[C@@H](C)CC)nc2cc(-c3cccs3)nn12. The van der Waals surface area contributed by atoms with Crippen LogP contribution in [0.5, 0.6) is 0 Å². The topological polar surface area (TPSA) is 59.3 Å². The molecule has 0 saturated carbocycles. The number of hydrogen-bond donors (Lipinski definition) is 1. The van der Waals surface area contributed by atoms with E-state index in [0.717, 1.165) is 29.1 Å². The molecule has 3 aromatic rings. The quantitative estimate of drug-likeness (QED) is 0.779. The number of aryl methyl sites for hydroxylation is 1. The fourth-order valence-electron chi connectivity index (χ4n) is 2.35. The number of aromatic nitrogens is 3. The summed E-state index contributed by atoms with van der Waals surface area (Å²) in [6, 6.07) is 7.94. The van der Waals surface area contributed by atoms with E-state index in [1.807, 2.05) is 48.0 Å². The van der Waals surface area contributed by atoms with Gasteiger partial charge in [-0.05, 0) is 37.3 Å². The van der Waals surface area contributed by atoms with E-state index in [-0.39, 0.29) is 11.9 Å². The third kappa shape index (κ3) is 3.12. The van der Waals surface area contributed by atoms with Gasteiger partial charge in [-0.3, -0.25) is 4.79 Å². The molecule has 0 aromatic carbocycles. The molecule has 6 heteroatoms. The Labute approximate surface area is 139 Å². The lowest BCUT2D eigenvalue weighted by atomic mass is 10.2. The standard InChI is InChI=1S/C17H20N4OS/c1-4-11(3)18-17(22)14-9-12(5-2)21-16(19-14)10-13(20-21)15-7-6-8-23-15/h6-11H,4-5H2,1-3H3,(H,18,22)/t11-/m0/s1. The summed E-state index contributed by atoms with van der Waals surface area (Å²) in [6.07, 6.45) is 1.68. The summed E-state index contributed by atoms with van der Waals surface area (Å²) < 4.78 is 1.83. The van der Waals surface area contributed by atoms with E-state index < -0.39 is 0 Å². The second-order valence-corrected chi connectivity index (χ2v) is 6.49. The van der Waals surface area contributed by atoms with Gasteiger partial charge in [-0.1, -0.05) is 19.9 Å². The molecule has 3 rings (SSSR count). The van der Waals surface area contributed by atoms with Gasteiger partial charge in [0.05, 0.1) is 4.88 Å². The monoisotopic (exact) mass is 328 g/mol. The number of carbonyl (C=O) groups is 1. The van der Waals surface area contributed by atoms with Gasteiger partial charge in [0.25, 0.3) is 5.91 Å². The van der Waals surface area contributed by atoms with Crippen molar-refractivity contribution in [1.29, 1.82) is 0 Å². The smallest absolute Gasteiger partial charge is 0.270 e. The zero-order valence-corrected chi connectivity index (χ0v) is 14.4. The van der Waals surface area contributed by atoms with Gasteiger partial charge in [0, 0.05) is 17.8 Å². The Balaban J connectivity index is 2.03. The normalized spacial score (nSPS) is 12.5. The minimum absolute atomic E-state index is 0.129. The zero-order valence-electron chi connectivity index (χ0n) is 13.5. The van der Waals surface area contributed by atoms with Crippen LogP contribution in [0, 0.1) is 0 Å². The van der Waals surface area contributed by atoms with Crippen molar-refractivity contribution in [2.75, 3.05) is 0 Å². The number of thiophene rings is 1. The maximum Gasteiger partial charge on any atom is 0.270 e. The molecule has 0 radical (unpaired) electrons. The summed E-state index contributed by atoms with van der Waals surface area (Å²) >= 11 is 1.64. The molecule has 0 unspecified atom stereocenters. The summed E-state index contributed by atoms with van der Waals surface area (Å²) in [5.41, 5.74) is 3.03. The Morgan fingerprint density at radius 1 is 1.39 bits per heavy atom. The highest BCUT2D eigenvalue weighted by molar-refractivity contribution is 7.13. The third-order valence-electron chi connectivity index (χ3n) is 3.86. The van der Waals surface area contributed by atoms with Crippen molar-refractivity contribution in [3.8, 4) is 10.6 Å². The second-order valence-electron chi connectivity index (χ2n) is 5.55. The van der Waals surface area contributed by atoms with E-state index in [0.29, 0.717) is 11.3 Å². The molecule has 23 heavy (non-hydrogen) atoms. The van der Waals surface area contributed by atoms with Crippen LogP contribution >= 0.6 is 11.3 Å². The first kappa shape index (κ1) is 15.7. The van der Waals surface area contributed by atoms with E-state index >= 15 is 0 Å². The van der Waals surface area contributed by atoms with Crippen molar-refractivity contribution in [3.05, 3.63) is 41.0 Å². The molecule has 1 atom stereocenters. The first-order valence-electron chi connectivity index (χ1n) is 7.86. The lowest BCUT2D eigenvalue weighted by Crippen LogP contribution is -2.32. The lowest BCUT2D eigenvalue weighted by Gasteiger charge is -2.11. The van der Waals surface area contributed by atoms with Crippen molar-refractivity contribution in [1.82, 2.24) is 19.9 Å². The van der Waals surface area contributed by atoms with E-state index in [9.17, 15) is 4.79 Å². The first-order valence-corrected chi connectivity index (χ1v) is 8.74. The van der Waals surface area contributed by atoms with Crippen LogP contribution in [0.3, 0.4) is 0 Å². The van der Waals surface area contributed by atoms with Crippen molar-refractivity contribution in [3.63, 3.8) is 0 Å². The second kappa shape index (κ2) is 6.50. The van der Waals surface area contributed by atoms with Crippen LogP contribution in [0.4, 0.5) is 0 Å². The Bertz CT molecular complexity index is 823. The Kier molecular flexibility index (Phi) is 4.43. The highest BCUT2D eigenvalue weighted by Gasteiger charge is 2.15. The summed E-state index contributed by atoms with van der Waals surface area (Å²) in [4.78, 5) is 18.0. The first-order chi connectivity index (χ1) is 11.1. The molecule has 0 saturated heterocycles. The third-order valence-corrected chi connectivity index (χ3v) is 4.75. The fraction of sp³-hybridized carbons (Fsp3) is 0.353. The van der Waals surface area contributed by atoms with Crippen LogP contribution in [0.25, 0.3) is 16.2 Å². The van der Waals surface area contributed by atoms with E-state index in [4.69, 9.17) is 0 Å². The van der Waals surface area contributed by atoms with Crippen LogP contribution in [0.15, 0.2) is 29.6 Å². The molecule has 0 aliphatic heterocycles. The molecule has 0 bridgehead atoms. The summed E-state index contributed by atoms with van der Waals surface area (Å²) in [5, 5.41) is 9.63. The number of fused-ring (bicyclic) bond motifs is 1. The van der Waals surface area contributed by atoms with Gasteiger partial charge in [-0.25, -0.2) is 9.50 Å². The van der Waals surface area contributed by atoms with E-state index in [1.165, 1.54) is 0 Å². The molecule has 120 valence electrons. The highest BCUT2D eigenvalue weighted by atomic mass is 32.1. The number of carbonyl (C=O) groups excluding carboxylic acids is 1. The molecular formula is C17H20N4OS. The van der Waals surface area contributed by atoms with Gasteiger partial charge < -0.3 is 5.32 Å². The van der Waals surface area contributed by atoms with Gasteiger partial charge in [0.2, 0.25) is 0 Å². The Morgan fingerprint density at radius 2 is 2.22 bits per heavy atom. The summed E-state index contributed by atoms with van der Waals surface area (Å²) in [7, 11) is 0. The molecule has 3 aromatic heterocycles. The van der Waals surface area contributed by atoms with Crippen molar-refractivity contribution < 1.29 is 4.79 Å². The predicted molar refractivity (Wildman–Crippen MR) is 92.9 cm³/mol. The number of rotatable bonds is 5. The summed E-state index contributed by atoms with van der Waals surface area (Å²) in [6.45, 7) is 6.09. The van der Waals surface area contributed by atoms with Crippen LogP contribution in [-0.2, 0) is 6.42 Å². The molecule has 0 fully saturated rings. The van der Waals surface area contributed by atoms with Crippen LogP contribution in [0.2, 0.25) is 0 Å². The van der Waals surface area contributed by atoms with Crippen molar-refractivity contribution in [2.24, 2.45) is 0 Å². The maximum absolute atomic E-state index is 12.4. The van der Waals surface area contributed by atoms with Gasteiger partial charge in [-0.2, -0.15) is 5.10 Å². The van der Waals surface area contributed by atoms with E-state index in [1.54, 1.807) is 11.3 Å². The molecule has 3 heterocycles. The number of nitrogens with one attached hydrogen (secondary N) is 1. The number of hydrogen-bond acceptors (Lipinski definition) is 4. The van der Waals surface area contributed by atoms with Gasteiger partial charge >= 0.3 is 0 Å². The Hall–Kier alpha value is -2.21. The summed E-state index contributed by atoms with van der Waals surface area (Å²) in [5.74, 6) is -0.129. The largest absolute Gasteiger partial charge is 0.348 e. The van der Waals surface area contributed by atoms with E-state index in [2.05, 4.69) is 22.3 Å². The highest BCUT2D eigenvalue weighted by Crippen LogP contribution is 2.24. The molecule has 0 spiro atoms. The molecule has 0 aliphatic rings. The van der Waals surface area contributed by atoms with Crippen molar-refractivity contribution >= 4 is 22.9 Å². The maximum atomic E-state index is 12.4. The predicted octanol–water partition coefficient (Wildman–Crippen LogP) is 3.55. The molecule has 1 N–H and O–H groups in total. The molecule has 1 amide bonds. The van der Waals surface area contributed by atoms with Gasteiger partial charge in [-0.15, -0.1) is 11.3 Å². The fourth-order valence-corrected chi connectivity index (χ4v) is 3.03. The van der Waals surface area contributed by atoms with Crippen LogP contribution in [0.1, 0.15) is 43.4 Å². The van der Waals surface area contributed by atoms with Gasteiger partial charge in [0.15, 0.2) is 5.65 Å². The zero-order chi connectivity index (χ0) is 16.4.